The van der Waals surface area contributed by atoms with E-state index in [-0.39, 0.29) is 12.0 Å². The number of esters is 1. The van der Waals surface area contributed by atoms with Crippen molar-refractivity contribution in [2.75, 3.05) is 27.2 Å². The molecule has 0 aromatic heterocycles. The second-order valence-electron chi connectivity index (χ2n) is 5.30. The third-order valence-electron chi connectivity index (χ3n) is 4.00. The molecule has 0 amide bonds. The highest BCUT2D eigenvalue weighted by atomic mass is 16.5. The van der Waals surface area contributed by atoms with E-state index < -0.39 is 0 Å². The summed E-state index contributed by atoms with van der Waals surface area (Å²) >= 11 is 0. The molecule has 1 unspecified atom stereocenters. The Balaban J connectivity index is 1.92. The van der Waals surface area contributed by atoms with E-state index in [0.717, 1.165) is 32.5 Å². The van der Waals surface area contributed by atoms with Crippen molar-refractivity contribution in [2.45, 2.75) is 31.8 Å². The first-order chi connectivity index (χ1) is 9.74. The number of benzene rings is 1. The summed E-state index contributed by atoms with van der Waals surface area (Å²) in [5.41, 5.74) is 2.89. The van der Waals surface area contributed by atoms with Crippen LogP contribution in [-0.2, 0) is 22.5 Å². The van der Waals surface area contributed by atoms with E-state index in [0.29, 0.717) is 0 Å². The van der Waals surface area contributed by atoms with E-state index in [2.05, 4.69) is 34.5 Å². The van der Waals surface area contributed by atoms with Gasteiger partial charge in [0.05, 0.1) is 7.11 Å². The third kappa shape index (κ3) is 3.81. The molecule has 0 saturated heterocycles. The Hall–Kier alpha value is -1.39. The maximum absolute atomic E-state index is 11.6. The second-order valence-corrected chi connectivity index (χ2v) is 5.30. The van der Waals surface area contributed by atoms with Crippen molar-refractivity contribution < 1.29 is 9.53 Å². The van der Waals surface area contributed by atoms with E-state index in [9.17, 15) is 4.79 Å². The molecule has 1 aromatic carbocycles. The van der Waals surface area contributed by atoms with Crippen LogP contribution in [-0.4, -0.2) is 44.2 Å². The van der Waals surface area contributed by atoms with Gasteiger partial charge in [-0.1, -0.05) is 24.3 Å². The summed E-state index contributed by atoms with van der Waals surface area (Å²) in [6.45, 7) is 2.98. The summed E-state index contributed by atoms with van der Waals surface area (Å²) in [4.78, 5) is 14.0. The quantitative estimate of drug-likeness (QED) is 0.829. The minimum Gasteiger partial charge on any atom is -0.468 e. The van der Waals surface area contributed by atoms with E-state index in [1.807, 2.05) is 0 Å². The zero-order valence-corrected chi connectivity index (χ0v) is 12.4. The molecule has 110 valence electrons. The van der Waals surface area contributed by atoms with Gasteiger partial charge in [-0.3, -0.25) is 9.69 Å². The molecule has 20 heavy (non-hydrogen) atoms. The van der Waals surface area contributed by atoms with Gasteiger partial charge in [0.1, 0.15) is 6.04 Å². The molecule has 0 bridgehead atoms. The minimum atomic E-state index is -0.210. The third-order valence-corrected chi connectivity index (χ3v) is 4.00. The molecule has 4 nitrogen and oxygen atoms in total. The van der Waals surface area contributed by atoms with Gasteiger partial charge in [-0.2, -0.15) is 0 Å². The first-order valence-electron chi connectivity index (χ1n) is 7.29. The maximum Gasteiger partial charge on any atom is 0.322 e. The Labute approximate surface area is 121 Å². The van der Waals surface area contributed by atoms with Crippen LogP contribution in [0.4, 0.5) is 0 Å². The van der Waals surface area contributed by atoms with E-state index in [4.69, 9.17) is 4.74 Å². The fourth-order valence-corrected chi connectivity index (χ4v) is 2.79. The highest BCUT2D eigenvalue weighted by molar-refractivity contribution is 5.75. The molecule has 1 aromatic rings. The lowest BCUT2D eigenvalue weighted by molar-refractivity contribution is -0.143. The molecular formula is C16H24N2O2. The van der Waals surface area contributed by atoms with Gasteiger partial charge in [-0.05, 0) is 44.0 Å². The number of carbonyl (C=O) groups excluding carboxylic acids is 1. The SMILES string of the molecule is CNC(CCN1CCCc2ccccc2C1)C(=O)OC. The van der Waals surface area contributed by atoms with Gasteiger partial charge in [0.25, 0.3) is 0 Å². The molecule has 1 aliphatic heterocycles. The maximum atomic E-state index is 11.6. The predicted octanol–water partition coefficient (Wildman–Crippen LogP) is 1.59. The summed E-state index contributed by atoms with van der Waals surface area (Å²) in [6, 6.07) is 8.45. The lowest BCUT2D eigenvalue weighted by Gasteiger charge is -2.22. The van der Waals surface area contributed by atoms with Crippen LogP contribution < -0.4 is 5.32 Å². The Morgan fingerprint density at radius 1 is 1.40 bits per heavy atom. The number of hydrogen-bond donors (Lipinski definition) is 1. The summed E-state index contributed by atoms with van der Waals surface area (Å²) in [5, 5.41) is 3.03. The fourth-order valence-electron chi connectivity index (χ4n) is 2.79. The zero-order valence-electron chi connectivity index (χ0n) is 12.4. The molecule has 0 radical (unpaired) electrons. The molecule has 2 rings (SSSR count). The molecule has 1 atom stereocenters. The smallest absolute Gasteiger partial charge is 0.322 e. The first kappa shape index (κ1) is 15.0. The molecule has 1 N–H and O–H groups in total. The number of rotatable bonds is 5. The molecule has 1 aliphatic rings. The average Bonchev–Trinajstić information content (AvgIpc) is 2.69. The van der Waals surface area contributed by atoms with E-state index in [1.165, 1.54) is 24.7 Å². The van der Waals surface area contributed by atoms with Crippen LogP contribution in [0.15, 0.2) is 24.3 Å². The number of methoxy groups -OCH3 is 1. The highest BCUT2D eigenvalue weighted by Crippen LogP contribution is 2.18. The van der Waals surface area contributed by atoms with Crippen molar-refractivity contribution in [3.8, 4) is 0 Å². The van der Waals surface area contributed by atoms with Gasteiger partial charge in [0.15, 0.2) is 0 Å². The number of aryl methyl sites for hydroxylation is 1. The van der Waals surface area contributed by atoms with Crippen LogP contribution in [0, 0.1) is 0 Å². The van der Waals surface area contributed by atoms with Crippen molar-refractivity contribution in [1.82, 2.24) is 10.2 Å². The molecule has 0 saturated carbocycles. The highest BCUT2D eigenvalue weighted by Gasteiger charge is 2.19. The van der Waals surface area contributed by atoms with Gasteiger partial charge in [0.2, 0.25) is 0 Å². The van der Waals surface area contributed by atoms with E-state index >= 15 is 0 Å². The average molecular weight is 276 g/mol. The van der Waals surface area contributed by atoms with Crippen molar-refractivity contribution in [3.05, 3.63) is 35.4 Å². The lowest BCUT2D eigenvalue weighted by Crippen LogP contribution is -2.38. The summed E-state index contributed by atoms with van der Waals surface area (Å²) in [7, 11) is 3.24. The normalized spacial score (nSPS) is 17.1. The van der Waals surface area contributed by atoms with Gasteiger partial charge >= 0.3 is 5.97 Å². The Kier molecular flexibility index (Phi) is 5.56. The molecule has 0 aliphatic carbocycles. The van der Waals surface area contributed by atoms with Gasteiger partial charge < -0.3 is 10.1 Å². The largest absolute Gasteiger partial charge is 0.468 e. The molecule has 4 heteroatoms. The zero-order chi connectivity index (χ0) is 14.4. The Morgan fingerprint density at radius 2 is 2.15 bits per heavy atom. The predicted molar refractivity (Wildman–Crippen MR) is 79.5 cm³/mol. The van der Waals surface area contributed by atoms with Crippen molar-refractivity contribution in [2.24, 2.45) is 0 Å². The fraction of sp³-hybridized carbons (Fsp3) is 0.562. The first-order valence-corrected chi connectivity index (χ1v) is 7.29. The van der Waals surface area contributed by atoms with Crippen molar-refractivity contribution in [1.29, 1.82) is 0 Å². The number of likely N-dealkylation sites (N-methyl/N-ethyl adjacent to an activating group) is 1. The standard InChI is InChI=1S/C16H24N2O2/c1-17-15(16(19)20-2)9-11-18-10-5-8-13-6-3-4-7-14(13)12-18/h3-4,6-7,15,17H,5,8-12H2,1-2H3. The number of nitrogens with one attached hydrogen (secondary N) is 1. The van der Waals surface area contributed by atoms with Crippen LogP contribution in [0.25, 0.3) is 0 Å². The van der Waals surface area contributed by atoms with Crippen molar-refractivity contribution in [3.63, 3.8) is 0 Å². The monoisotopic (exact) mass is 276 g/mol. The summed E-state index contributed by atoms with van der Waals surface area (Å²) in [5.74, 6) is -0.178. The van der Waals surface area contributed by atoms with Gasteiger partial charge in [-0.25, -0.2) is 0 Å². The second kappa shape index (κ2) is 7.41. The number of hydrogen-bond acceptors (Lipinski definition) is 4. The van der Waals surface area contributed by atoms with Crippen molar-refractivity contribution >= 4 is 5.97 Å². The molecular weight excluding hydrogens is 252 g/mol. The summed E-state index contributed by atoms with van der Waals surface area (Å²) in [6.07, 6.45) is 3.12. The molecule has 1 heterocycles. The van der Waals surface area contributed by atoms with Gasteiger partial charge in [0, 0.05) is 13.1 Å². The molecule has 0 spiro atoms. The van der Waals surface area contributed by atoms with Crippen LogP contribution in [0.2, 0.25) is 0 Å². The summed E-state index contributed by atoms with van der Waals surface area (Å²) < 4.78 is 4.80. The number of ether oxygens (including phenoxy) is 1. The number of nitrogens with zero attached hydrogens (tertiary/aromatic N) is 1. The minimum absolute atomic E-state index is 0.178. The topological polar surface area (TPSA) is 41.6 Å². The lowest BCUT2D eigenvalue weighted by atomic mass is 10.0. The van der Waals surface area contributed by atoms with Crippen LogP contribution in [0.3, 0.4) is 0 Å². The Bertz CT molecular complexity index is 448. The number of fused-ring (bicyclic) bond motifs is 1. The van der Waals surface area contributed by atoms with Crippen LogP contribution >= 0.6 is 0 Å². The number of carbonyl (C=O) groups is 1. The van der Waals surface area contributed by atoms with E-state index in [1.54, 1.807) is 7.05 Å². The van der Waals surface area contributed by atoms with Crippen LogP contribution in [0.5, 0.6) is 0 Å². The van der Waals surface area contributed by atoms with Gasteiger partial charge in [-0.15, -0.1) is 0 Å². The Morgan fingerprint density at radius 3 is 2.85 bits per heavy atom. The molecule has 0 fully saturated rings. The van der Waals surface area contributed by atoms with Crippen LogP contribution in [0.1, 0.15) is 24.0 Å².